The van der Waals surface area contributed by atoms with Crippen LogP contribution in [0.15, 0.2) is 48.5 Å². The SMILES string of the molecule is CC(C)(C)c1ccc(C(=O)N2CCN(CC(=O)Nc3cccc(F)c3)CC2)cc1. The van der Waals surface area contributed by atoms with Crippen LogP contribution in [0.1, 0.15) is 36.7 Å². The number of rotatable bonds is 4. The molecular weight excluding hydrogens is 369 g/mol. The zero-order valence-electron chi connectivity index (χ0n) is 17.2. The molecule has 0 atom stereocenters. The topological polar surface area (TPSA) is 52.7 Å². The standard InChI is InChI=1S/C23H28FN3O2/c1-23(2,3)18-9-7-17(8-10-18)22(29)27-13-11-26(12-14-27)16-21(28)25-20-6-4-5-19(24)15-20/h4-10,15H,11-14,16H2,1-3H3,(H,25,28). The average molecular weight is 397 g/mol. The van der Waals surface area contributed by atoms with Gasteiger partial charge in [0, 0.05) is 37.4 Å². The number of hydrogen-bond acceptors (Lipinski definition) is 3. The first-order valence-electron chi connectivity index (χ1n) is 9.90. The summed E-state index contributed by atoms with van der Waals surface area (Å²) in [6.07, 6.45) is 0. The van der Waals surface area contributed by atoms with Gasteiger partial charge >= 0.3 is 0 Å². The van der Waals surface area contributed by atoms with Crippen molar-refractivity contribution in [2.45, 2.75) is 26.2 Å². The summed E-state index contributed by atoms with van der Waals surface area (Å²) in [6, 6.07) is 13.7. The fourth-order valence-corrected chi connectivity index (χ4v) is 3.37. The molecule has 29 heavy (non-hydrogen) atoms. The normalized spacial score (nSPS) is 15.2. The Balaban J connectivity index is 1.49. The molecule has 1 saturated heterocycles. The predicted octanol–water partition coefficient (Wildman–Crippen LogP) is 3.52. The van der Waals surface area contributed by atoms with Gasteiger partial charge in [-0.15, -0.1) is 0 Å². The van der Waals surface area contributed by atoms with Crippen molar-refractivity contribution in [3.05, 3.63) is 65.5 Å². The van der Waals surface area contributed by atoms with Gasteiger partial charge < -0.3 is 10.2 Å². The molecule has 0 bridgehead atoms. The van der Waals surface area contributed by atoms with Crippen molar-refractivity contribution in [3.63, 3.8) is 0 Å². The summed E-state index contributed by atoms with van der Waals surface area (Å²) in [5.41, 5.74) is 2.39. The molecule has 5 nitrogen and oxygen atoms in total. The lowest BCUT2D eigenvalue weighted by molar-refractivity contribution is -0.117. The zero-order valence-corrected chi connectivity index (χ0v) is 17.2. The van der Waals surface area contributed by atoms with Crippen molar-refractivity contribution >= 4 is 17.5 Å². The number of nitrogens with zero attached hydrogens (tertiary/aromatic N) is 2. The van der Waals surface area contributed by atoms with Gasteiger partial charge in [-0.1, -0.05) is 39.0 Å². The molecule has 1 aliphatic rings. The molecule has 3 rings (SSSR count). The van der Waals surface area contributed by atoms with Crippen LogP contribution in [0.5, 0.6) is 0 Å². The van der Waals surface area contributed by atoms with E-state index in [1.54, 1.807) is 12.1 Å². The molecule has 2 aromatic rings. The fraction of sp³-hybridized carbons (Fsp3) is 0.391. The quantitative estimate of drug-likeness (QED) is 0.859. The Morgan fingerprint density at radius 2 is 1.66 bits per heavy atom. The number of carbonyl (C=O) groups is 2. The second-order valence-corrected chi connectivity index (χ2v) is 8.45. The first kappa shape index (κ1) is 21.0. The first-order chi connectivity index (χ1) is 13.7. The van der Waals surface area contributed by atoms with Crippen LogP contribution in [-0.2, 0) is 10.2 Å². The Hall–Kier alpha value is -2.73. The van der Waals surface area contributed by atoms with Crippen LogP contribution < -0.4 is 5.32 Å². The van der Waals surface area contributed by atoms with E-state index in [4.69, 9.17) is 0 Å². The lowest BCUT2D eigenvalue weighted by atomic mass is 9.86. The molecule has 0 radical (unpaired) electrons. The van der Waals surface area contributed by atoms with E-state index in [9.17, 15) is 14.0 Å². The first-order valence-corrected chi connectivity index (χ1v) is 9.90. The van der Waals surface area contributed by atoms with Crippen LogP contribution >= 0.6 is 0 Å². The van der Waals surface area contributed by atoms with Crippen LogP contribution in [0.25, 0.3) is 0 Å². The molecule has 0 aliphatic carbocycles. The molecule has 1 heterocycles. The minimum Gasteiger partial charge on any atom is -0.336 e. The second-order valence-electron chi connectivity index (χ2n) is 8.45. The fourth-order valence-electron chi connectivity index (χ4n) is 3.37. The molecule has 1 fully saturated rings. The van der Waals surface area contributed by atoms with Gasteiger partial charge in [0.15, 0.2) is 0 Å². The van der Waals surface area contributed by atoms with Crippen LogP contribution in [0.4, 0.5) is 10.1 Å². The summed E-state index contributed by atoms with van der Waals surface area (Å²) in [4.78, 5) is 28.8. The Morgan fingerprint density at radius 1 is 1.00 bits per heavy atom. The Bertz CT molecular complexity index is 866. The highest BCUT2D eigenvalue weighted by atomic mass is 19.1. The van der Waals surface area contributed by atoms with E-state index in [0.29, 0.717) is 37.4 Å². The third-order valence-corrected chi connectivity index (χ3v) is 5.13. The summed E-state index contributed by atoms with van der Waals surface area (Å²) < 4.78 is 13.2. The van der Waals surface area contributed by atoms with Crippen molar-refractivity contribution in [2.24, 2.45) is 0 Å². The van der Waals surface area contributed by atoms with Gasteiger partial charge in [-0.3, -0.25) is 14.5 Å². The molecule has 0 spiro atoms. The van der Waals surface area contributed by atoms with E-state index in [0.717, 1.165) is 0 Å². The van der Waals surface area contributed by atoms with Crippen molar-refractivity contribution in [1.29, 1.82) is 0 Å². The maximum absolute atomic E-state index is 13.2. The molecule has 6 heteroatoms. The monoisotopic (exact) mass is 397 g/mol. The number of nitrogens with one attached hydrogen (secondary N) is 1. The Morgan fingerprint density at radius 3 is 2.24 bits per heavy atom. The van der Waals surface area contributed by atoms with Crippen LogP contribution in [0, 0.1) is 5.82 Å². The van der Waals surface area contributed by atoms with Crippen LogP contribution in [-0.4, -0.2) is 54.3 Å². The van der Waals surface area contributed by atoms with Gasteiger partial charge in [0.25, 0.3) is 5.91 Å². The van der Waals surface area contributed by atoms with E-state index in [1.165, 1.54) is 17.7 Å². The molecule has 1 aliphatic heterocycles. The Kier molecular flexibility index (Phi) is 6.33. The molecule has 1 N–H and O–H groups in total. The largest absolute Gasteiger partial charge is 0.336 e. The number of benzene rings is 2. The highest BCUT2D eigenvalue weighted by molar-refractivity contribution is 5.94. The van der Waals surface area contributed by atoms with E-state index in [1.807, 2.05) is 34.1 Å². The smallest absolute Gasteiger partial charge is 0.253 e. The predicted molar refractivity (Wildman–Crippen MR) is 113 cm³/mol. The minimum atomic E-state index is -0.384. The summed E-state index contributed by atoms with van der Waals surface area (Å²) >= 11 is 0. The molecule has 2 amide bonds. The summed E-state index contributed by atoms with van der Waals surface area (Å²) in [5, 5.41) is 2.71. The van der Waals surface area contributed by atoms with Gasteiger partial charge in [-0.25, -0.2) is 4.39 Å². The van der Waals surface area contributed by atoms with E-state index < -0.39 is 0 Å². The van der Waals surface area contributed by atoms with Gasteiger partial charge in [-0.05, 0) is 41.3 Å². The average Bonchev–Trinajstić information content (AvgIpc) is 2.67. The van der Waals surface area contributed by atoms with Gasteiger partial charge in [0.1, 0.15) is 5.82 Å². The van der Waals surface area contributed by atoms with Crippen molar-refractivity contribution in [3.8, 4) is 0 Å². The molecule has 0 unspecified atom stereocenters. The second kappa shape index (κ2) is 8.74. The number of carbonyl (C=O) groups excluding carboxylic acids is 2. The number of anilines is 1. The number of piperazine rings is 1. The van der Waals surface area contributed by atoms with Crippen molar-refractivity contribution in [1.82, 2.24) is 9.80 Å². The van der Waals surface area contributed by atoms with Gasteiger partial charge in [-0.2, -0.15) is 0 Å². The van der Waals surface area contributed by atoms with E-state index in [2.05, 4.69) is 26.1 Å². The highest BCUT2D eigenvalue weighted by Gasteiger charge is 2.24. The van der Waals surface area contributed by atoms with Gasteiger partial charge in [0.05, 0.1) is 6.54 Å². The van der Waals surface area contributed by atoms with Crippen molar-refractivity contribution < 1.29 is 14.0 Å². The summed E-state index contributed by atoms with van der Waals surface area (Å²) in [5.74, 6) is -0.548. The third-order valence-electron chi connectivity index (χ3n) is 5.13. The third kappa shape index (κ3) is 5.64. The minimum absolute atomic E-state index is 0.0225. The van der Waals surface area contributed by atoms with Crippen LogP contribution in [0.2, 0.25) is 0 Å². The lowest BCUT2D eigenvalue weighted by Gasteiger charge is -2.34. The molecule has 0 aromatic heterocycles. The molecule has 0 saturated carbocycles. The van der Waals surface area contributed by atoms with E-state index >= 15 is 0 Å². The zero-order chi connectivity index (χ0) is 21.0. The van der Waals surface area contributed by atoms with Crippen molar-refractivity contribution in [2.75, 3.05) is 38.0 Å². The molecule has 154 valence electrons. The summed E-state index contributed by atoms with van der Waals surface area (Å²) in [7, 11) is 0. The number of hydrogen-bond donors (Lipinski definition) is 1. The Labute approximate surface area is 171 Å². The maximum atomic E-state index is 13.2. The van der Waals surface area contributed by atoms with E-state index in [-0.39, 0.29) is 29.6 Å². The van der Waals surface area contributed by atoms with Crippen LogP contribution in [0.3, 0.4) is 0 Å². The van der Waals surface area contributed by atoms with Gasteiger partial charge in [0.2, 0.25) is 5.91 Å². The number of halogens is 1. The maximum Gasteiger partial charge on any atom is 0.253 e. The lowest BCUT2D eigenvalue weighted by Crippen LogP contribution is -2.50. The highest BCUT2D eigenvalue weighted by Crippen LogP contribution is 2.22. The number of amides is 2. The summed E-state index contributed by atoms with van der Waals surface area (Å²) in [6.45, 7) is 9.07. The molecule has 2 aromatic carbocycles. The molecular formula is C23H28FN3O2.